The molecule has 0 N–H and O–H groups in total. The predicted molar refractivity (Wildman–Crippen MR) is 68.3 cm³/mol. The normalized spacial score (nSPS) is 19.4. The molecule has 92 valence electrons. The second-order valence-corrected chi connectivity index (χ2v) is 5.20. The lowest BCUT2D eigenvalue weighted by Crippen LogP contribution is -2.37. The number of ether oxygens (including phenoxy) is 1. The highest BCUT2D eigenvalue weighted by Crippen LogP contribution is 2.21. The van der Waals surface area contributed by atoms with Gasteiger partial charge in [0.25, 0.3) is 5.91 Å². The van der Waals surface area contributed by atoms with Crippen LogP contribution >= 0.6 is 27.5 Å². The van der Waals surface area contributed by atoms with Crippen LogP contribution in [-0.4, -0.2) is 42.1 Å². The molecule has 1 saturated heterocycles. The van der Waals surface area contributed by atoms with Crippen LogP contribution in [0.3, 0.4) is 0 Å². The van der Waals surface area contributed by atoms with Gasteiger partial charge in [-0.3, -0.25) is 4.79 Å². The van der Waals surface area contributed by atoms with Gasteiger partial charge in [0.05, 0.1) is 18.2 Å². The van der Waals surface area contributed by atoms with Crippen molar-refractivity contribution >= 4 is 33.4 Å². The molecule has 0 radical (unpaired) electrons. The van der Waals surface area contributed by atoms with Crippen LogP contribution in [0.15, 0.2) is 16.7 Å². The molecule has 1 atom stereocenters. The molecule has 1 aromatic rings. The van der Waals surface area contributed by atoms with Gasteiger partial charge in [-0.05, 0) is 28.4 Å². The predicted octanol–water partition coefficient (Wildman–Crippen LogP) is 2.36. The van der Waals surface area contributed by atoms with E-state index in [1.54, 1.807) is 24.2 Å². The first-order valence-electron chi connectivity index (χ1n) is 5.25. The fraction of sp³-hybridized carbons (Fsp3) is 0.455. The van der Waals surface area contributed by atoms with Crippen LogP contribution in [0.5, 0.6) is 0 Å². The molecule has 4 nitrogen and oxygen atoms in total. The summed E-state index contributed by atoms with van der Waals surface area (Å²) in [4.78, 5) is 17.8. The molecule has 1 aliphatic heterocycles. The Morgan fingerprint density at radius 1 is 1.71 bits per heavy atom. The lowest BCUT2D eigenvalue weighted by atomic mass is 10.2. The van der Waals surface area contributed by atoms with E-state index in [2.05, 4.69) is 20.9 Å². The highest BCUT2D eigenvalue weighted by atomic mass is 79.9. The minimum absolute atomic E-state index is 0.123. The van der Waals surface area contributed by atoms with E-state index >= 15 is 0 Å². The Labute approximate surface area is 113 Å². The van der Waals surface area contributed by atoms with E-state index in [0.717, 1.165) is 10.9 Å². The number of nitrogens with zero attached hydrogens (tertiary/aromatic N) is 2. The molecule has 1 amide bonds. The maximum Gasteiger partial charge on any atom is 0.257 e. The van der Waals surface area contributed by atoms with Crippen LogP contribution in [-0.2, 0) is 4.74 Å². The van der Waals surface area contributed by atoms with Crippen molar-refractivity contribution in [2.75, 3.05) is 20.3 Å². The third-order valence-electron chi connectivity index (χ3n) is 2.81. The zero-order chi connectivity index (χ0) is 12.4. The number of pyridine rings is 1. The van der Waals surface area contributed by atoms with Gasteiger partial charge in [0, 0.05) is 24.3 Å². The fourth-order valence-corrected chi connectivity index (χ4v) is 2.27. The zero-order valence-electron chi connectivity index (χ0n) is 9.32. The molecule has 0 spiro atoms. The molecule has 1 fully saturated rings. The molecule has 1 aliphatic rings. The number of hydrogen-bond donors (Lipinski definition) is 0. The van der Waals surface area contributed by atoms with Crippen molar-refractivity contribution in [1.82, 2.24) is 9.88 Å². The number of halogens is 2. The van der Waals surface area contributed by atoms with Gasteiger partial charge in [-0.2, -0.15) is 0 Å². The van der Waals surface area contributed by atoms with E-state index in [4.69, 9.17) is 16.3 Å². The summed E-state index contributed by atoms with van der Waals surface area (Å²) < 4.78 is 6.00. The van der Waals surface area contributed by atoms with Crippen LogP contribution in [0, 0.1) is 0 Å². The Balaban J connectivity index is 2.20. The molecule has 0 aromatic carbocycles. The zero-order valence-corrected chi connectivity index (χ0v) is 11.7. The summed E-state index contributed by atoms with van der Waals surface area (Å²) >= 11 is 9.21. The molecular weight excluding hydrogens is 307 g/mol. The minimum Gasteiger partial charge on any atom is -0.379 e. The largest absolute Gasteiger partial charge is 0.379 e. The molecule has 2 heterocycles. The monoisotopic (exact) mass is 318 g/mol. The molecule has 6 heteroatoms. The lowest BCUT2D eigenvalue weighted by Gasteiger charge is -2.23. The average molecular weight is 320 g/mol. The van der Waals surface area contributed by atoms with E-state index in [0.29, 0.717) is 18.8 Å². The Morgan fingerprint density at radius 3 is 3.12 bits per heavy atom. The Hall–Kier alpha value is -0.650. The van der Waals surface area contributed by atoms with E-state index < -0.39 is 0 Å². The first kappa shape index (κ1) is 12.8. The second kappa shape index (κ2) is 5.33. The van der Waals surface area contributed by atoms with Crippen molar-refractivity contribution in [3.05, 3.63) is 27.5 Å². The van der Waals surface area contributed by atoms with Crippen LogP contribution in [0.2, 0.25) is 5.15 Å². The molecule has 1 unspecified atom stereocenters. The number of amides is 1. The summed E-state index contributed by atoms with van der Waals surface area (Å²) in [6, 6.07) is 1.81. The van der Waals surface area contributed by atoms with E-state index in [9.17, 15) is 4.79 Å². The number of aromatic nitrogens is 1. The van der Waals surface area contributed by atoms with Crippen molar-refractivity contribution in [2.24, 2.45) is 0 Å². The molecule has 0 aliphatic carbocycles. The molecule has 0 saturated carbocycles. The summed E-state index contributed by atoms with van der Waals surface area (Å²) in [6.45, 7) is 1.29. The number of likely N-dealkylation sites (N-methyl/N-ethyl adjacent to an activating group) is 1. The maximum absolute atomic E-state index is 12.2. The van der Waals surface area contributed by atoms with Crippen LogP contribution in [0.4, 0.5) is 0 Å². The number of hydrogen-bond acceptors (Lipinski definition) is 3. The molecule has 2 rings (SSSR count). The van der Waals surface area contributed by atoms with Gasteiger partial charge >= 0.3 is 0 Å². The van der Waals surface area contributed by atoms with Crippen molar-refractivity contribution in [3.63, 3.8) is 0 Å². The standard InChI is InChI=1S/C11H12BrClN2O2/c1-15(8-2-3-17-6-8)11(16)9-4-7(12)5-14-10(9)13/h4-5,8H,2-3,6H2,1H3. The molecule has 17 heavy (non-hydrogen) atoms. The fourth-order valence-electron chi connectivity index (χ4n) is 1.76. The highest BCUT2D eigenvalue weighted by Gasteiger charge is 2.26. The second-order valence-electron chi connectivity index (χ2n) is 3.93. The average Bonchev–Trinajstić information content (AvgIpc) is 2.84. The molecule has 1 aromatic heterocycles. The summed E-state index contributed by atoms with van der Waals surface area (Å²) in [5, 5.41) is 0.226. The summed E-state index contributed by atoms with van der Waals surface area (Å²) in [7, 11) is 1.76. The maximum atomic E-state index is 12.2. The summed E-state index contributed by atoms with van der Waals surface area (Å²) in [6.07, 6.45) is 2.43. The SMILES string of the molecule is CN(C(=O)c1cc(Br)cnc1Cl)C1CCOC1. The van der Waals surface area contributed by atoms with Gasteiger partial charge in [0.15, 0.2) is 0 Å². The first-order chi connectivity index (χ1) is 8.09. The van der Waals surface area contributed by atoms with E-state index in [1.807, 2.05) is 0 Å². The summed E-state index contributed by atoms with van der Waals surface area (Å²) in [5.41, 5.74) is 0.412. The number of rotatable bonds is 2. The molecule has 0 bridgehead atoms. The topological polar surface area (TPSA) is 42.4 Å². The van der Waals surface area contributed by atoms with Gasteiger partial charge in [-0.25, -0.2) is 4.98 Å². The lowest BCUT2D eigenvalue weighted by molar-refractivity contribution is 0.0711. The van der Waals surface area contributed by atoms with Crippen LogP contribution in [0.25, 0.3) is 0 Å². The third-order valence-corrected chi connectivity index (χ3v) is 3.54. The third kappa shape index (κ3) is 2.78. The Bertz CT molecular complexity index is 435. The van der Waals surface area contributed by atoms with Gasteiger partial charge in [-0.15, -0.1) is 0 Å². The number of carbonyl (C=O) groups is 1. The van der Waals surface area contributed by atoms with Gasteiger partial charge in [0.1, 0.15) is 5.15 Å². The van der Waals surface area contributed by atoms with E-state index in [-0.39, 0.29) is 17.1 Å². The highest BCUT2D eigenvalue weighted by molar-refractivity contribution is 9.10. The van der Waals surface area contributed by atoms with Crippen LogP contribution in [0.1, 0.15) is 16.8 Å². The van der Waals surface area contributed by atoms with Crippen molar-refractivity contribution in [1.29, 1.82) is 0 Å². The van der Waals surface area contributed by atoms with Crippen LogP contribution < -0.4 is 0 Å². The van der Waals surface area contributed by atoms with Crippen molar-refractivity contribution < 1.29 is 9.53 Å². The van der Waals surface area contributed by atoms with Gasteiger partial charge in [-0.1, -0.05) is 11.6 Å². The van der Waals surface area contributed by atoms with Crippen molar-refractivity contribution in [2.45, 2.75) is 12.5 Å². The van der Waals surface area contributed by atoms with Gasteiger partial charge in [0.2, 0.25) is 0 Å². The Morgan fingerprint density at radius 2 is 2.47 bits per heavy atom. The Kier molecular flexibility index (Phi) is 4.01. The van der Waals surface area contributed by atoms with E-state index in [1.165, 1.54) is 0 Å². The smallest absolute Gasteiger partial charge is 0.257 e. The number of carbonyl (C=O) groups excluding carboxylic acids is 1. The van der Waals surface area contributed by atoms with Gasteiger partial charge < -0.3 is 9.64 Å². The first-order valence-corrected chi connectivity index (χ1v) is 6.42. The quantitative estimate of drug-likeness (QED) is 0.786. The summed E-state index contributed by atoms with van der Waals surface area (Å²) in [5.74, 6) is -0.126. The molecular formula is C11H12BrClN2O2. The van der Waals surface area contributed by atoms with Crippen molar-refractivity contribution in [3.8, 4) is 0 Å². The minimum atomic E-state index is -0.126.